The van der Waals surface area contributed by atoms with Gasteiger partial charge in [-0.1, -0.05) is 58.8 Å². The van der Waals surface area contributed by atoms with Crippen LogP contribution >= 0.6 is 0 Å². The van der Waals surface area contributed by atoms with E-state index in [9.17, 15) is 0 Å². The lowest BCUT2D eigenvalue weighted by Crippen LogP contribution is -2.15. The van der Waals surface area contributed by atoms with Crippen molar-refractivity contribution in [3.63, 3.8) is 0 Å². The maximum Gasteiger partial charge on any atom is 0.137 e. The molecule has 0 aromatic rings. The fraction of sp³-hybridized carbons (Fsp3) is 0.471. The van der Waals surface area contributed by atoms with Crippen molar-refractivity contribution >= 4 is 5.84 Å². The highest BCUT2D eigenvalue weighted by molar-refractivity contribution is 6.05. The zero-order chi connectivity index (χ0) is 14.1. The minimum atomic E-state index is 0.518. The van der Waals surface area contributed by atoms with Gasteiger partial charge in [0.1, 0.15) is 5.84 Å². The van der Waals surface area contributed by atoms with Crippen LogP contribution in [0, 0.1) is 5.92 Å². The summed E-state index contributed by atoms with van der Waals surface area (Å²) in [7, 11) is 0. The molecule has 0 aromatic carbocycles. The van der Waals surface area contributed by atoms with Crippen molar-refractivity contribution in [2.75, 3.05) is 0 Å². The molecule has 1 aliphatic rings. The second-order valence-corrected chi connectivity index (χ2v) is 4.96. The first kappa shape index (κ1) is 15.5. The SMILES string of the molecule is C=C/N=C1/NC=C/C1=C(/C=C)C(C)CCCCCC. The molecule has 0 radical (unpaired) electrons. The van der Waals surface area contributed by atoms with E-state index >= 15 is 0 Å². The Labute approximate surface area is 117 Å². The average molecular weight is 258 g/mol. The Morgan fingerprint density at radius 3 is 2.79 bits per heavy atom. The molecule has 1 unspecified atom stereocenters. The highest BCUT2D eigenvalue weighted by Crippen LogP contribution is 2.25. The summed E-state index contributed by atoms with van der Waals surface area (Å²) >= 11 is 0. The van der Waals surface area contributed by atoms with Crippen LogP contribution in [-0.4, -0.2) is 5.84 Å². The number of hydrogen-bond acceptors (Lipinski definition) is 1. The van der Waals surface area contributed by atoms with E-state index in [-0.39, 0.29) is 0 Å². The van der Waals surface area contributed by atoms with Gasteiger partial charge in [0.15, 0.2) is 0 Å². The van der Waals surface area contributed by atoms with E-state index in [0.717, 1.165) is 11.4 Å². The number of nitrogens with one attached hydrogen (secondary N) is 1. The molecule has 0 aromatic heterocycles. The van der Waals surface area contributed by atoms with Crippen molar-refractivity contribution in [3.8, 4) is 0 Å². The molecule has 0 spiro atoms. The van der Waals surface area contributed by atoms with Crippen LogP contribution in [0.4, 0.5) is 0 Å². The quantitative estimate of drug-likeness (QED) is 0.625. The Hall–Kier alpha value is -1.57. The molecule has 0 fully saturated rings. The summed E-state index contributed by atoms with van der Waals surface area (Å²) in [6.45, 7) is 12.1. The first-order chi connectivity index (χ1) is 9.24. The Balaban J connectivity index is 2.75. The molecule has 2 nitrogen and oxygen atoms in total. The summed E-state index contributed by atoms with van der Waals surface area (Å²) in [4.78, 5) is 4.27. The Bertz CT molecular complexity index is 399. The second kappa shape index (κ2) is 8.52. The standard InChI is InChI=1S/C17H26N2/c1-5-8-9-10-11-14(4)15(6-2)16-12-13-19-17(16)18-7-3/h6-7,12-14H,2-3,5,8-11H2,1,4H3,(H,18,19)/b16-15+. The lowest BCUT2D eigenvalue weighted by molar-refractivity contribution is 0.548. The van der Waals surface area contributed by atoms with Crippen molar-refractivity contribution in [1.82, 2.24) is 5.32 Å². The van der Waals surface area contributed by atoms with Gasteiger partial charge in [0.25, 0.3) is 0 Å². The van der Waals surface area contributed by atoms with Crippen LogP contribution in [0.1, 0.15) is 46.0 Å². The lowest BCUT2D eigenvalue weighted by Gasteiger charge is -2.15. The molecule has 0 saturated heterocycles. The van der Waals surface area contributed by atoms with Gasteiger partial charge in [0.05, 0.1) is 0 Å². The van der Waals surface area contributed by atoms with E-state index in [4.69, 9.17) is 0 Å². The second-order valence-electron chi connectivity index (χ2n) is 4.96. The predicted octanol–water partition coefficient (Wildman–Crippen LogP) is 4.73. The molecule has 0 saturated carbocycles. The molecule has 1 N–H and O–H groups in total. The van der Waals surface area contributed by atoms with E-state index in [0.29, 0.717) is 5.92 Å². The summed E-state index contributed by atoms with van der Waals surface area (Å²) in [5, 5.41) is 3.15. The Kier molecular flexibility index (Phi) is 6.94. The van der Waals surface area contributed by atoms with E-state index < -0.39 is 0 Å². The fourth-order valence-corrected chi connectivity index (χ4v) is 2.40. The molecule has 0 bridgehead atoms. The van der Waals surface area contributed by atoms with Crippen LogP contribution in [0.2, 0.25) is 0 Å². The first-order valence-corrected chi connectivity index (χ1v) is 7.23. The smallest absolute Gasteiger partial charge is 0.137 e. The van der Waals surface area contributed by atoms with Gasteiger partial charge in [0, 0.05) is 18.0 Å². The molecule has 1 heterocycles. The van der Waals surface area contributed by atoms with E-state index in [2.05, 4.69) is 43.4 Å². The van der Waals surface area contributed by atoms with Crippen molar-refractivity contribution < 1.29 is 0 Å². The van der Waals surface area contributed by atoms with Crippen molar-refractivity contribution in [3.05, 3.63) is 48.9 Å². The van der Waals surface area contributed by atoms with Gasteiger partial charge >= 0.3 is 0 Å². The predicted molar refractivity (Wildman–Crippen MR) is 85.1 cm³/mol. The maximum atomic E-state index is 4.27. The third-order valence-corrected chi connectivity index (χ3v) is 3.50. The van der Waals surface area contributed by atoms with Gasteiger partial charge in [-0.3, -0.25) is 0 Å². The highest BCUT2D eigenvalue weighted by Gasteiger charge is 2.16. The van der Waals surface area contributed by atoms with Gasteiger partial charge in [-0.2, -0.15) is 0 Å². The zero-order valence-corrected chi connectivity index (χ0v) is 12.3. The number of unbranched alkanes of at least 4 members (excludes halogenated alkanes) is 3. The molecular weight excluding hydrogens is 232 g/mol. The number of allylic oxidation sites excluding steroid dienone is 2. The minimum absolute atomic E-state index is 0.518. The molecular formula is C17H26N2. The largest absolute Gasteiger partial charge is 0.346 e. The normalized spacial score (nSPS) is 20.2. The van der Waals surface area contributed by atoms with Crippen LogP contribution in [0.5, 0.6) is 0 Å². The zero-order valence-electron chi connectivity index (χ0n) is 12.3. The fourth-order valence-electron chi connectivity index (χ4n) is 2.40. The third-order valence-electron chi connectivity index (χ3n) is 3.50. The van der Waals surface area contributed by atoms with E-state index in [1.165, 1.54) is 37.7 Å². The molecule has 0 aliphatic carbocycles. The Morgan fingerprint density at radius 2 is 2.16 bits per heavy atom. The number of aliphatic imine (C=N–C) groups is 1. The Morgan fingerprint density at radius 1 is 1.37 bits per heavy atom. The monoisotopic (exact) mass is 258 g/mol. The maximum absolute atomic E-state index is 4.27. The van der Waals surface area contributed by atoms with E-state index in [1.54, 1.807) is 6.20 Å². The van der Waals surface area contributed by atoms with E-state index in [1.807, 2.05) is 12.3 Å². The molecule has 104 valence electrons. The minimum Gasteiger partial charge on any atom is -0.346 e. The number of rotatable bonds is 8. The number of amidine groups is 1. The van der Waals surface area contributed by atoms with Crippen molar-refractivity contribution in [1.29, 1.82) is 0 Å². The van der Waals surface area contributed by atoms with Crippen LogP contribution in [-0.2, 0) is 0 Å². The lowest BCUT2D eigenvalue weighted by atomic mass is 9.90. The third kappa shape index (κ3) is 4.55. The van der Waals surface area contributed by atoms with Gasteiger partial charge < -0.3 is 5.32 Å². The van der Waals surface area contributed by atoms with Gasteiger partial charge in [-0.25, -0.2) is 4.99 Å². The molecule has 1 rings (SSSR count). The summed E-state index contributed by atoms with van der Waals surface area (Å²) in [6, 6.07) is 0. The highest BCUT2D eigenvalue weighted by atomic mass is 15.0. The van der Waals surface area contributed by atoms with Gasteiger partial charge in [-0.05, 0) is 24.0 Å². The van der Waals surface area contributed by atoms with Crippen LogP contribution in [0.25, 0.3) is 0 Å². The molecule has 19 heavy (non-hydrogen) atoms. The molecule has 1 aliphatic heterocycles. The van der Waals surface area contributed by atoms with Crippen LogP contribution in [0.15, 0.2) is 53.8 Å². The van der Waals surface area contributed by atoms with Gasteiger partial charge in [-0.15, -0.1) is 0 Å². The summed E-state index contributed by atoms with van der Waals surface area (Å²) in [6.07, 6.45) is 14.0. The summed E-state index contributed by atoms with van der Waals surface area (Å²) < 4.78 is 0. The summed E-state index contributed by atoms with van der Waals surface area (Å²) in [5.41, 5.74) is 2.43. The number of hydrogen-bond donors (Lipinski definition) is 1. The van der Waals surface area contributed by atoms with Crippen LogP contribution < -0.4 is 5.32 Å². The summed E-state index contributed by atoms with van der Waals surface area (Å²) in [5.74, 6) is 1.40. The van der Waals surface area contributed by atoms with Crippen LogP contribution in [0.3, 0.4) is 0 Å². The average Bonchev–Trinajstić information content (AvgIpc) is 2.84. The molecule has 2 heteroatoms. The topological polar surface area (TPSA) is 24.4 Å². The molecule has 1 atom stereocenters. The van der Waals surface area contributed by atoms with Crippen molar-refractivity contribution in [2.24, 2.45) is 10.9 Å². The van der Waals surface area contributed by atoms with Gasteiger partial charge in [0.2, 0.25) is 0 Å². The number of nitrogens with zero attached hydrogens (tertiary/aromatic N) is 1. The first-order valence-electron chi connectivity index (χ1n) is 7.23. The van der Waals surface area contributed by atoms with Crippen molar-refractivity contribution in [2.45, 2.75) is 46.0 Å². The molecule has 0 amide bonds.